The highest BCUT2D eigenvalue weighted by Crippen LogP contribution is 2.31. The van der Waals surface area contributed by atoms with E-state index in [-0.39, 0.29) is 27.9 Å². The van der Waals surface area contributed by atoms with E-state index >= 15 is 0 Å². The average Bonchev–Trinajstić information content (AvgIpc) is 3.28. The van der Waals surface area contributed by atoms with Crippen molar-refractivity contribution in [2.75, 3.05) is 43.6 Å². The lowest BCUT2D eigenvalue weighted by molar-refractivity contribution is 0.0735. The number of benzene rings is 1. The lowest BCUT2D eigenvalue weighted by atomic mass is 9.97. The molecular weight excluding hydrogens is 498 g/mol. The topological polar surface area (TPSA) is 143 Å². The van der Waals surface area contributed by atoms with Crippen LogP contribution in [0.1, 0.15) is 42.5 Å². The Morgan fingerprint density at radius 2 is 1.79 bits per heavy atom. The molecule has 0 spiro atoms. The summed E-state index contributed by atoms with van der Waals surface area (Å²) >= 11 is 3.34. The first-order chi connectivity index (χ1) is 15.3. The van der Waals surface area contributed by atoms with E-state index in [2.05, 4.69) is 9.88 Å². The third-order valence-electron chi connectivity index (χ3n) is 5.97. The van der Waals surface area contributed by atoms with Crippen LogP contribution >= 0.6 is 23.1 Å². The molecule has 0 bridgehead atoms. The average molecular weight is 532 g/mol. The fraction of sp³-hybridized carbons (Fsp3) is 0.545. The molecule has 1 aromatic heterocycles. The molecule has 2 heterocycles. The first kappa shape index (κ1) is 28.4. The van der Waals surface area contributed by atoms with Crippen LogP contribution in [0.4, 0.5) is 5.13 Å². The quantitative estimate of drug-likeness (QED) is 0.520. The fourth-order valence-corrected chi connectivity index (χ4v) is 6.20. The third-order valence-corrected chi connectivity index (χ3v) is 9.19. The van der Waals surface area contributed by atoms with Crippen LogP contribution in [0.25, 0.3) is 0 Å². The highest BCUT2D eigenvalue weighted by atomic mass is 32.2. The number of sulfone groups is 1. The van der Waals surface area contributed by atoms with Crippen LogP contribution in [0.5, 0.6) is 5.75 Å². The van der Waals surface area contributed by atoms with E-state index in [0.717, 1.165) is 37.1 Å². The largest absolute Gasteiger partial charge is 0.490 e. The molecule has 4 rings (SSSR count). The lowest BCUT2D eigenvalue weighted by Gasteiger charge is -2.35. The predicted octanol–water partition coefficient (Wildman–Crippen LogP) is 2.29. The van der Waals surface area contributed by atoms with Gasteiger partial charge in [0.25, 0.3) is 5.91 Å². The summed E-state index contributed by atoms with van der Waals surface area (Å²) < 4.78 is 31.6. The molecule has 2 fully saturated rings. The minimum atomic E-state index is -3.43. The Morgan fingerprint density at radius 1 is 1.12 bits per heavy atom. The van der Waals surface area contributed by atoms with Crippen molar-refractivity contribution in [3.05, 3.63) is 30.0 Å². The van der Waals surface area contributed by atoms with Gasteiger partial charge in [0.1, 0.15) is 5.75 Å². The zero-order valence-corrected chi connectivity index (χ0v) is 21.9. The van der Waals surface area contributed by atoms with Crippen LogP contribution in [0, 0.1) is 0 Å². The molecule has 4 N–H and O–H groups in total. The van der Waals surface area contributed by atoms with Crippen LogP contribution in [0.3, 0.4) is 0 Å². The normalized spacial score (nSPS) is 17.0. The molecule has 34 heavy (non-hydrogen) atoms. The lowest BCUT2D eigenvalue weighted by Crippen LogP contribution is -2.48. The molecule has 12 heteroatoms. The van der Waals surface area contributed by atoms with Crippen molar-refractivity contribution in [1.82, 2.24) is 9.88 Å². The van der Waals surface area contributed by atoms with E-state index in [0.29, 0.717) is 37.5 Å². The summed E-state index contributed by atoms with van der Waals surface area (Å²) in [6.45, 7) is 2.49. The molecular formula is C22H33N3O6S3. The maximum Gasteiger partial charge on any atom is 0.257 e. The van der Waals surface area contributed by atoms with Crippen molar-refractivity contribution in [1.29, 1.82) is 0 Å². The number of aromatic nitrogens is 1. The number of thiazole rings is 1. The van der Waals surface area contributed by atoms with E-state index in [1.807, 2.05) is 12.5 Å². The molecule has 1 amide bonds. The Hall–Kier alpha value is -1.86. The van der Waals surface area contributed by atoms with Crippen molar-refractivity contribution in [3.63, 3.8) is 0 Å². The summed E-state index contributed by atoms with van der Waals surface area (Å²) in [6, 6.07) is 4.66. The zero-order chi connectivity index (χ0) is 22.7. The highest BCUT2D eigenvalue weighted by molar-refractivity contribution is 8.00. The minimum absolute atomic E-state index is 0. The Labute approximate surface area is 209 Å². The van der Waals surface area contributed by atoms with E-state index in [1.165, 1.54) is 22.8 Å². The van der Waals surface area contributed by atoms with E-state index in [1.54, 1.807) is 34.1 Å². The van der Waals surface area contributed by atoms with E-state index in [9.17, 15) is 13.2 Å². The Kier molecular flexibility index (Phi) is 10.2. The fourth-order valence-electron chi connectivity index (χ4n) is 4.13. The van der Waals surface area contributed by atoms with Crippen molar-refractivity contribution in [2.45, 2.75) is 47.3 Å². The van der Waals surface area contributed by atoms with E-state index < -0.39 is 9.84 Å². The first-order valence-electron chi connectivity index (χ1n) is 10.9. The van der Waals surface area contributed by atoms with E-state index in [4.69, 9.17) is 4.74 Å². The second kappa shape index (κ2) is 12.2. The van der Waals surface area contributed by atoms with Crippen LogP contribution < -0.4 is 9.64 Å². The van der Waals surface area contributed by atoms with Gasteiger partial charge >= 0.3 is 0 Å². The summed E-state index contributed by atoms with van der Waals surface area (Å²) in [7, 11) is -3.43. The molecule has 2 aromatic rings. The number of piperazine rings is 1. The molecule has 1 aliphatic heterocycles. The number of thioether (sulfide) groups is 1. The Bertz CT molecular complexity index is 1060. The second-order valence-electron chi connectivity index (χ2n) is 8.25. The maximum absolute atomic E-state index is 13.5. The Morgan fingerprint density at radius 3 is 2.38 bits per heavy atom. The maximum atomic E-state index is 13.5. The van der Waals surface area contributed by atoms with Gasteiger partial charge < -0.3 is 25.5 Å². The SMILES string of the molecule is CSc1cnc(N2CCN(C(=O)c3cc(S(C)(=O)=O)ccc3OC3CCCCC3)CC2)s1.O.O. The van der Waals surface area contributed by atoms with Gasteiger partial charge in [-0.15, -0.1) is 11.8 Å². The number of rotatable bonds is 6. The molecule has 9 nitrogen and oxygen atoms in total. The van der Waals surface area contributed by atoms with Crippen molar-refractivity contribution in [2.24, 2.45) is 0 Å². The predicted molar refractivity (Wildman–Crippen MR) is 136 cm³/mol. The third kappa shape index (κ3) is 6.63. The molecule has 1 aromatic carbocycles. The van der Waals surface area contributed by atoms with Gasteiger partial charge in [-0.05, 0) is 50.1 Å². The summed E-state index contributed by atoms with van der Waals surface area (Å²) in [5.41, 5.74) is 0.339. The van der Waals surface area contributed by atoms with Crippen molar-refractivity contribution >= 4 is 44.0 Å². The second-order valence-corrected chi connectivity index (χ2v) is 12.4. The molecule has 0 unspecified atom stereocenters. The summed E-state index contributed by atoms with van der Waals surface area (Å²) in [5.74, 6) is 0.311. The number of anilines is 1. The molecule has 0 atom stereocenters. The zero-order valence-electron chi connectivity index (χ0n) is 19.5. The van der Waals surface area contributed by atoms with Crippen LogP contribution in [-0.2, 0) is 9.84 Å². The summed E-state index contributed by atoms with van der Waals surface area (Å²) in [6.07, 6.45) is 10.5. The van der Waals surface area contributed by atoms with Crippen molar-refractivity contribution in [3.8, 4) is 5.75 Å². The number of carbonyl (C=O) groups is 1. The number of amides is 1. The van der Waals surface area contributed by atoms with Crippen LogP contribution in [0.15, 0.2) is 33.5 Å². The molecule has 1 saturated heterocycles. The number of hydrogen-bond donors (Lipinski definition) is 0. The summed E-state index contributed by atoms with van der Waals surface area (Å²) in [5, 5.41) is 0.974. The van der Waals surface area contributed by atoms with Gasteiger partial charge in [-0.1, -0.05) is 17.8 Å². The molecule has 0 radical (unpaired) electrons. The molecule has 1 aliphatic carbocycles. The Balaban J connectivity index is 0.00000204. The van der Waals surface area contributed by atoms with Crippen LogP contribution in [0.2, 0.25) is 0 Å². The van der Waals surface area contributed by atoms with Crippen molar-refractivity contribution < 1.29 is 28.9 Å². The first-order valence-corrected chi connectivity index (χ1v) is 14.8. The van der Waals surface area contributed by atoms with Gasteiger partial charge in [-0.2, -0.15) is 0 Å². The number of nitrogens with zero attached hydrogens (tertiary/aromatic N) is 3. The number of ether oxygens (including phenoxy) is 1. The summed E-state index contributed by atoms with van der Waals surface area (Å²) in [4.78, 5) is 22.1. The monoisotopic (exact) mass is 531 g/mol. The minimum Gasteiger partial charge on any atom is -0.490 e. The van der Waals surface area contributed by atoms with Gasteiger partial charge in [0.2, 0.25) is 0 Å². The molecule has 1 saturated carbocycles. The van der Waals surface area contributed by atoms with Crippen LogP contribution in [-0.4, -0.2) is 80.0 Å². The van der Waals surface area contributed by atoms with Gasteiger partial charge in [0.15, 0.2) is 15.0 Å². The highest BCUT2D eigenvalue weighted by Gasteiger charge is 2.28. The van der Waals surface area contributed by atoms with Gasteiger partial charge in [-0.3, -0.25) is 4.79 Å². The van der Waals surface area contributed by atoms with Gasteiger partial charge in [0.05, 0.1) is 27.0 Å². The standard InChI is InChI=1S/C22H29N3O4S3.2H2O/c1-30-20-15-23-22(31-20)25-12-10-24(11-13-25)21(26)18-14-17(32(2,27)28)8-9-19(18)29-16-6-4-3-5-7-16;;/h8-9,14-16H,3-7,10-13H2,1-2H3;2*1H2. The smallest absolute Gasteiger partial charge is 0.257 e. The van der Waals surface area contributed by atoms with Gasteiger partial charge in [-0.25, -0.2) is 13.4 Å². The molecule has 2 aliphatic rings. The molecule has 190 valence electrons. The van der Waals surface area contributed by atoms with Gasteiger partial charge in [0, 0.05) is 32.4 Å². The number of hydrogen-bond acceptors (Lipinski definition) is 8. The number of carbonyl (C=O) groups excluding carboxylic acids is 1.